The van der Waals surface area contributed by atoms with Crippen molar-refractivity contribution in [3.63, 3.8) is 0 Å². The summed E-state index contributed by atoms with van der Waals surface area (Å²) in [6.07, 6.45) is 1.33. The maximum absolute atomic E-state index is 13.8. The summed E-state index contributed by atoms with van der Waals surface area (Å²) in [5.41, 5.74) is 9.76. The second-order valence-corrected chi connectivity index (χ2v) is 10.0. The molecule has 2 atom stereocenters. The van der Waals surface area contributed by atoms with Crippen LogP contribution in [0.4, 0.5) is 8.78 Å². The average Bonchev–Trinajstić information content (AvgIpc) is 3.29. The predicted molar refractivity (Wildman–Crippen MR) is 143 cm³/mol. The van der Waals surface area contributed by atoms with Crippen LogP contribution in [0.1, 0.15) is 34.4 Å². The van der Waals surface area contributed by atoms with E-state index in [1.807, 2.05) is 12.1 Å². The van der Waals surface area contributed by atoms with Crippen LogP contribution in [0.5, 0.6) is 11.5 Å². The summed E-state index contributed by atoms with van der Waals surface area (Å²) >= 11 is 1.65. The second kappa shape index (κ2) is 11.8. The van der Waals surface area contributed by atoms with E-state index in [1.54, 1.807) is 25.6 Å². The lowest BCUT2D eigenvalue weighted by atomic mass is 9.92. The molecule has 7 heteroatoms. The fourth-order valence-corrected chi connectivity index (χ4v) is 5.82. The third kappa shape index (κ3) is 6.03. The molecular formula is C29H32F2N2O2S. The summed E-state index contributed by atoms with van der Waals surface area (Å²) in [7, 11) is 3.24. The molecule has 4 aromatic rings. The van der Waals surface area contributed by atoms with E-state index in [1.165, 1.54) is 23.3 Å². The molecule has 0 radical (unpaired) electrons. The van der Waals surface area contributed by atoms with Crippen LogP contribution in [0.3, 0.4) is 0 Å². The standard InChI is InChI=1S/C29H32F2N2O2S/c1-4-18-6-5-7-19(10-18)16-33-17-24(25(32)13-20-11-21(30)14-22(31)12-20)28-15-23-27(36-28)9-8-26(34-2)29(23)35-3/h5-12,14-15,24-25,33H,4,13,16-17,32H2,1-3H3. The Balaban J connectivity index is 1.62. The van der Waals surface area contributed by atoms with Crippen molar-refractivity contribution in [2.45, 2.75) is 38.3 Å². The number of ether oxygens (including phenoxy) is 2. The van der Waals surface area contributed by atoms with Crippen molar-refractivity contribution in [1.29, 1.82) is 0 Å². The molecule has 0 amide bonds. The Kier molecular flexibility index (Phi) is 8.56. The summed E-state index contributed by atoms with van der Waals surface area (Å²) in [6, 6.07) is 17.7. The Morgan fingerprint density at radius 3 is 2.36 bits per heavy atom. The maximum Gasteiger partial charge on any atom is 0.169 e. The van der Waals surface area contributed by atoms with E-state index in [0.717, 1.165) is 27.5 Å². The van der Waals surface area contributed by atoms with E-state index in [4.69, 9.17) is 15.2 Å². The molecule has 0 aliphatic rings. The molecule has 1 heterocycles. The van der Waals surface area contributed by atoms with Crippen LogP contribution >= 0.6 is 11.3 Å². The minimum Gasteiger partial charge on any atom is -0.493 e. The normalized spacial score (nSPS) is 13.1. The molecule has 0 aliphatic heterocycles. The van der Waals surface area contributed by atoms with Gasteiger partial charge in [0.25, 0.3) is 0 Å². The highest BCUT2D eigenvalue weighted by atomic mass is 32.1. The lowest BCUT2D eigenvalue weighted by Gasteiger charge is -2.24. The minimum atomic E-state index is -0.596. The Hall–Kier alpha value is -3.00. The Bertz CT molecular complexity index is 1300. The van der Waals surface area contributed by atoms with Gasteiger partial charge in [0.15, 0.2) is 11.5 Å². The SMILES string of the molecule is CCc1cccc(CNCC(c2cc3c(OC)c(OC)ccc3s2)C(N)Cc2cc(F)cc(F)c2)c1. The first kappa shape index (κ1) is 26.1. The van der Waals surface area contributed by atoms with Crippen LogP contribution in [0.15, 0.2) is 60.7 Å². The van der Waals surface area contributed by atoms with Gasteiger partial charge < -0.3 is 20.5 Å². The van der Waals surface area contributed by atoms with Crippen LogP contribution in [-0.2, 0) is 19.4 Å². The van der Waals surface area contributed by atoms with Crippen LogP contribution in [0.25, 0.3) is 10.1 Å². The Morgan fingerprint density at radius 2 is 1.67 bits per heavy atom. The van der Waals surface area contributed by atoms with E-state index in [-0.39, 0.29) is 12.0 Å². The number of aryl methyl sites for hydroxylation is 1. The quantitative estimate of drug-likeness (QED) is 0.252. The lowest BCUT2D eigenvalue weighted by molar-refractivity contribution is 0.358. The van der Waals surface area contributed by atoms with Crippen molar-refractivity contribution < 1.29 is 18.3 Å². The molecule has 4 rings (SSSR count). The van der Waals surface area contributed by atoms with Crippen molar-refractivity contribution in [3.05, 3.63) is 93.9 Å². The topological polar surface area (TPSA) is 56.5 Å². The zero-order valence-corrected chi connectivity index (χ0v) is 21.6. The Labute approximate surface area is 215 Å². The highest BCUT2D eigenvalue weighted by Crippen LogP contribution is 2.42. The number of nitrogens with one attached hydrogen (secondary N) is 1. The van der Waals surface area contributed by atoms with E-state index in [2.05, 4.69) is 42.6 Å². The number of rotatable bonds is 11. The van der Waals surface area contributed by atoms with Crippen LogP contribution in [0, 0.1) is 11.6 Å². The molecule has 4 nitrogen and oxygen atoms in total. The van der Waals surface area contributed by atoms with Crippen molar-refractivity contribution in [1.82, 2.24) is 5.32 Å². The van der Waals surface area contributed by atoms with Gasteiger partial charge in [0.1, 0.15) is 11.6 Å². The maximum atomic E-state index is 13.8. The molecule has 3 N–H and O–H groups in total. The Morgan fingerprint density at radius 1 is 0.917 bits per heavy atom. The van der Waals surface area contributed by atoms with Crippen LogP contribution < -0.4 is 20.5 Å². The summed E-state index contributed by atoms with van der Waals surface area (Å²) in [5.74, 6) is 0.0715. The molecule has 36 heavy (non-hydrogen) atoms. The summed E-state index contributed by atoms with van der Waals surface area (Å²) in [4.78, 5) is 1.08. The smallest absolute Gasteiger partial charge is 0.169 e. The van der Waals surface area contributed by atoms with Gasteiger partial charge in [0.05, 0.1) is 14.2 Å². The molecule has 0 fully saturated rings. The van der Waals surface area contributed by atoms with Crippen LogP contribution in [0.2, 0.25) is 0 Å². The van der Waals surface area contributed by atoms with E-state index >= 15 is 0 Å². The third-order valence-electron chi connectivity index (χ3n) is 6.43. The van der Waals surface area contributed by atoms with Gasteiger partial charge in [0.2, 0.25) is 0 Å². The number of methoxy groups -OCH3 is 2. The van der Waals surface area contributed by atoms with Gasteiger partial charge in [-0.15, -0.1) is 11.3 Å². The largest absolute Gasteiger partial charge is 0.493 e. The molecule has 190 valence electrons. The summed E-state index contributed by atoms with van der Waals surface area (Å²) in [5, 5.41) is 4.52. The van der Waals surface area contributed by atoms with Gasteiger partial charge in [0, 0.05) is 46.1 Å². The number of hydrogen-bond acceptors (Lipinski definition) is 5. The molecule has 0 aliphatic carbocycles. The van der Waals surface area contributed by atoms with Crippen molar-refractivity contribution >= 4 is 21.4 Å². The number of halogens is 2. The van der Waals surface area contributed by atoms with Crippen molar-refractivity contribution in [2.24, 2.45) is 5.73 Å². The van der Waals surface area contributed by atoms with E-state index in [9.17, 15) is 8.78 Å². The van der Waals surface area contributed by atoms with E-state index in [0.29, 0.717) is 36.6 Å². The van der Waals surface area contributed by atoms with Gasteiger partial charge in [-0.05, 0) is 59.9 Å². The van der Waals surface area contributed by atoms with Crippen LogP contribution in [-0.4, -0.2) is 26.8 Å². The van der Waals surface area contributed by atoms with Crippen molar-refractivity contribution in [3.8, 4) is 11.5 Å². The predicted octanol–water partition coefficient (Wildman–Crippen LogP) is 6.20. The second-order valence-electron chi connectivity index (χ2n) is 8.92. The number of fused-ring (bicyclic) bond motifs is 1. The molecular weight excluding hydrogens is 478 g/mol. The van der Waals surface area contributed by atoms with Gasteiger partial charge in [-0.1, -0.05) is 31.2 Å². The van der Waals surface area contributed by atoms with Crippen molar-refractivity contribution in [2.75, 3.05) is 20.8 Å². The number of thiophene rings is 1. The fraction of sp³-hybridized carbons (Fsp3) is 0.310. The first-order valence-corrected chi connectivity index (χ1v) is 12.9. The minimum absolute atomic E-state index is 0.0845. The highest BCUT2D eigenvalue weighted by Gasteiger charge is 2.24. The average molecular weight is 511 g/mol. The number of hydrogen-bond donors (Lipinski definition) is 2. The lowest BCUT2D eigenvalue weighted by Crippen LogP contribution is -2.36. The first-order chi connectivity index (χ1) is 17.4. The first-order valence-electron chi connectivity index (χ1n) is 12.0. The molecule has 0 bridgehead atoms. The third-order valence-corrected chi connectivity index (χ3v) is 7.66. The molecule has 0 saturated heterocycles. The zero-order chi connectivity index (χ0) is 25.7. The van der Waals surface area contributed by atoms with Gasteiger partial charge in [-0.3, -0.25) is 0 Å². The van der Waals surface area contributed by atoms with Gasteiger partial charge in [-0.2, -0.15) is 0 Å². The number of benzene rings is 3. The zero-order valence-electron chi connectivity index (χ0n) is 20.8. The highest BCUT2D eigenvalue weighted by molar-refractivity contribution is 7.19. The summed E-state index contributed by atoms with van der Waals surface area (Å²) < 4.78 is 39.8. The van der Waals surface area contributed by atoms with Gasteiger partial charge >= 0.3 is 0 Å². The van der Waals surface area contributed by atoms with Gasteiger partial charge in [-0.25, -0.2) is 8.78 Å². The number of nitrogens with two attached hydrogens (primary N) is 1. The fourth-order valence-electron chi connectivity index (χ4n) is 4.58. The van der Waals surface area contributed by atoms with E-state index < -0.39 is 11.6 Å². The molecule has 2 unspecified atom stereocenters. The summed E-state index contributed by atoms with van der Waals surface area (Å²) in [6.45, 7) is 3.46. The molecule has 0 saturated carbocycles. The molecule has 0 spiro atoms. The molecule has 1 aromatic heterocycles. The monoisotopic (exact) mass is 510 g/mol. The molecule has 3 aromatic carbocycles.